The van der Waals surface area contributed by atoms with E-state index in [9.17, 15) is 14.7 Å². The van der Waals surface area contributed by atoms with Gasteiger partial charge in [0, 0.05) is 6.42 Å². The van der Waals surface area contributed by atoms with Crippen LogP contribution >= 0.6 is 0 Å². The van der Waals surface area contributed by atoms with Gasteiger partial charge in [0.25, 0.3) is 0 Å². The van der Waals surface area contributed by atoms with E-state index in [-0.39, 0.29) is 12.3 Å². The van der Waals surface area contributed by atoms with Crippen LogP contribution in [0.25, 0.3) is 0 Å². The molecule has 0 aliphatic carbocycles. The maximum absolute atomic E-state index is 11.6. The zero-order valence-electron chi connectivity index (χ0n) is 25.6. The molecule has 0 aromatic heterocycles. The van der Waals surface area contributed by atoms with Crippen molar-refractivity contribution < 1.29 is 19.8 Å². The highest BCUT2D eigenvalue weighted by atomic mass is 16.4. The van der Waals surface area contributed by atoms with E-state index in [0.29, 0.717) is 0 Å². The second-order valence-corrected chi connectivity index (χ2v) is 10.9. The molecule has 0 saturated heterocycles. The molecule has 40 heavy (non-hydrogen) atoms. The molecule has 0 saturated carbocycles. The van der Waals surface area contributed by atoms with Gasteiger partial charge in [-0.25, -0.2) is 0 Å². The lowest BCUT2D eigenvalue weighted by atomic mass is 9.94. The molecule has 0 rings (SSSR count). The Morgan fingerprint density at radius 2 is 0.975 bits per heavy atom. The number of rotatable bonds is 29. The number of aliphatic carboxylic acids is 2. The molecule has 0 radical (unpaired) electrons. The third-order valence-corrected chi connectivity index (χ3v) is 7.14. The molecule has 0 aliphatic rings. The number of carboxylic acids is 2. The Morgan fingerprint density at radius 1 is 0.525 bits per heavy atom. The van der Waals surface area contributed by atoms with E-state index in [1.165, 1.54) is 38.5 Å². The summed E-state index contributed by atoms with van der Waals surface area (Å²) in [5.74, 6) is -1.52. The molecular formula is C36H60O4. The average Bonchev–Trinajstić information content (AvgIpc) is 2.93. The van der Waals surface area contributed by atoms with Gasteiger partial charge in [-0.2, -0.15) is 0 Å². The third-order valence-electron chi connectivity index (χ3n) is 7.14. The third kappa shape index (κ3) is 30.2. The smallest absolute Gasteiger partial charge is 0.306 e. The molecule has 0 bridgehead atoms. The first-order valence-electron chi connectivity index (χ1n) is 16.3. The van der Waals surface area contributed by atoms with E-state index in [0.717, 1.165) is 96.3 Å². The Hall–Kier alpha value is -2.36. The van der Waals surface area contributed by atoms with Gasteiger partial charge < -0.3 is 10.2 Å². The normalized spacial score (nSPS) is 13.1. The second-order valence-electron chi connectivity index (χ2n) is 10.9. The van der Waals surface area contributed by atoms with Crippen molar-refractivity contribution in [3.05, 3.63) is 60.8 Å². The Balaban J connectivity index is 3.67. The summed E-state index contributed by atoms with van der Waals surface area (Å²) in [6.45, 7) is 2.24. The van der Waals surface area contributed by atoms with Gasteiger partial charge in [0.15, 0.2) is 0 Å². The summed E-state index contributed by atoms with van der Waals surface area (Å²) in [6.07, 6.45) is 44.7. The van der Waals surface area contributed by atoms with Crippen LogP contribution in [0.1, 0.15) is 148 Å². The minimum Gasteiger partial charge on any atom is -0.481 e. The Bertz CT molecular complexity index is 729. The van der Waals surface area contributed by atoms with Gasteiger partial charge >= 0.3 is 11.9 Å². The molecule has 0 amide bonds. The maximum atomic E-state index is 11.6. The quantitative estimate of drug-likeness (QED) is 0.0546. The minimum atomic E-state index is -0.696. The molecule has 1 atom stereocenters. The van der Waals surface area contributed by atoms with Crippen molar-refractivity contribution in [3.63, 3.8) is 0 Å². The zero-order chi connectivity index (χ0) is 29.4. The van der Waals surface area contributed by atoms with E-state index in [1.54, 1.807) is 0 Å². The first kappa shape index (κ1) is 37.6. The molecule has 0 spiro atoms. The van der Waals surface area contributed by atoms with Crippen molar-refractivity contribution >= 4 is 11.9 Å². The average molecular weight is 557 g/mol. The van der Waals surface area contributed by atoms with Crippen molar-refractivity contribution in [1.82, 2.24) is 0 Å². The summed E-state index contributed by atoms with van der Waals surface area (Å²) in [4.78, 5) is 22.1. The molecule has 0 aromatic rings. The van der Waals surface area contributed by atoms with E-state index >= 15 is 0 Å². The number of hydrogen-bond donors (Lipinski definition) is 2. The van der Waals surface area contributed by atoms with Crippen LogP contribution in [0.4, 0.5) is 0 Å². The number of carbonyl (C=O) groups is 2. The van der Waals surface area contributed by atoms with Gasteiger partial charge in [0.1, 0.15) is 0 Å². The zero-order valence-corrected chi connectivity index (χ0v) is 25.6. The summed E-state index contributed by atoms with van der Waals surface area (Å²) in [6, 6.07) is 0. The largest absolute Gasteiger partial charge is 0.481 e. The van der Waals surface area contributed by atoms with Crippen LogP contribution in [0.3, 0.4) is 0 Å². The Labute approximate surface area is 246 Å². The van der Waals surface area contributed by atoms with Crippen molar-refractivity contribution in [2.24, 2.45) is 5.92 Å². The molecule has 4 heteroatoms. The van der Waals surface area contributed by atoms with Crippen molar-refractivity contribution in [2.75, 3.05) is 0 Å². The van der Waals surface area contributed by atoms with Gasteiger partial charge in [-0.15, -0.1) is 0 Å². The van der Waals surface area contributed by atoms with E-state index in [4.69, 9.17) is 5.11 Å². The Kier molecular flexibility index (Phi) is 29.3. The highest BCUT2D eigenvalue weighted by Gasteiger charge is 2.16. The van der Waals surface area contributed by atoms with E-state index < -0.39 is 11.9 Å². The highest BCUT2D eigenvalue weighted by molar-refractivity contribution is 5.69. The van der Waals surface area contributed by atoms with Crippen molar-refractivity contribution in [2.45, 2.75) is 148 Å². The molecule has 0 heterocycles. The standard InChI is InChI=1S/C36H60O4/c1-2-3-4-5-6-7-8-9-13-16-19-22-25-28-31-34(36(39)40)32-29-26-23-20-17-14-11-10-12-15-18-21-24-27-30-33-35(37)38/h6-7,9-14,17,20,34H,2-5,8,15-16,18-19,21-33H2,1H3,(H,37,38)(H,39,40). The predicted octanol–water partition coefficient (Wildman–Crippen LogP) is 11.2. The lowest BCUT2D eigenvalue weighted by Gasteiger charge is -2.11. The molecule has 1 unspecified atom stereocenters. The highest BCUT2D eigenvalue weighted by Crippen LogP contribution is 2.19. The van der Waals surface area contributed by atoms with Gasteiger partial charge in [-0.1, -0.05) is 125 Å². The van der Waals surface area contributed by atoms with Gasteiger partial charge in [0.05, 0.1) is 5.92 Å². The number of allylic oxidation sites excluding steroid dienone is 10. The summed E-state index contributed by atoms with van der Waals surface area (Å²) in [5.41, 5.74) is 0. The lowest BCUT2D eigenvalue weighted by Crippen LogP contribution is -2.13. The van der Waals surface area contributed by atoms with Crippen molar-refractivity contribution in [1.29, 1.82) is 0 Å². The van der Waals surface area contributed by atoms with Crippen LogP contribution in [0.5, 0.6) is 0 Å². The first-order chi connectivity index (χ1) is 19.6. The van der Waals surface area contributed by atoms with Crippen LogP contribution < -0.4 is 0 Å². The minimum absolute atomic E-state index is 0.192. The fourth-order valence-electron chi connectivity index (χ4n) is 4.62. The van der Waals surface area contributed by atoms with Crippen LogP contribution in [0.15, 0.2) is 60.8 Å². The summed E-state index contributed by atoms with van der Waals surface area (Å²) >= 11 is 0. The first-order valence-corrected chi connectivity index (χ1v) is 16.3. The van der Waals surface area contributed by atoms with Crippen LogP contribution in [-0.4, -0.2) is 22.2 Å². The van der Waals surface area contributed by atoms with Gasteiger partial charge in [-0.3, -0.25) is 9.59 Å². The fraction of sp³-hybridized carbons (Fsp3) is 0.667. The van der Waals surface area contributed by atoms with E-state index in [2.05, 4.69) is 55.5 Å². The summed E-state index contributed by atoms with van der Waals surface area (Å²) in [5, 5.41) is 18.2. The van der Waals surface area contributed by atoms with Crippen LogP contribution in [0, 0.1) is 5.92 Å². The van der Waals surface area contributed by atoms with Gasteiger partial charge in [-0.05, 0) is 77.0 Å². The number of hydrogen-bond acceptors (Lipinski definition) is 2. The Morgan fingerprint density at radius 3 is 1.52 bits per heavy atom. The molecule has 0 aliphatic heterocycles. The second kappa shape index (κ2) is 31.2. The summed E-state index contributed by atoms with van der Waals surface area (Å²) < 4.78 is 0. The molecule has 228 valence electrons. The number of carboxylic acid groups (broad SMARTS) is 2. The molecule has 0 fully saturated rings. The van der Waals surface area contributed by atoms with Crippen LogP contribution in [0.2, 0.25) is 0 Å². The SMILES string of the molecule is CCCCCC=CCC=CCCCCCCC(CCCCC=CC=CC=CCCCCCCCC(=O)O)C(=O)O. The van der Waals surface area contributed by atoms with Crippen molar-refractivity contribution in [3.8, 4) is 0 Å². The topological polar surface area (TPSA) is 74.6 Å². The summed E-state index contributed by atoms with van der Waals surface area (Å²) in [7, 11) is 0. The fourth-order valence-corrected chi connectivity index (χ4v) is 4.62. The maximum Gasteiger partial charge on any atom is 0.306 e. The van der Waals surface area contributed by atoms with Crippen LogP contribution in [-0.2, 0) is 9.59 Å². The molecular weight excluding hydrogens is 496 g/mol. The molecule has 4 nitrogen and oxygen atoms in total. The van der Waals surface area contributed by atoms with E-state index in [1.807, 2.05) is 12.2 Å². The predicted molar refractivity (Wildman–Crippen MR) is 172 cm³/mol. The number of unbranched alkanes of at least 4 members (excludes halogenated alkanes) is 14. The molecule has 0 aromatic carbocycles. The lowest BCUT2D eigenvalue weighted by molar-refractivity contribution is -0.142. The molecule has 2 N–H and O–H groups in total. The van der Waals surface area contributed by atoms with Gasteiger partial charge in [0.2, 0.25) is 0 Å². The monoisotopic (exact) mass is 556 g/mol.